The Morgan fingerprint density at radius 2 is 0.468 bits per heavy atom. The van der Waals surface area contributed by atoms with Gasteiger partial charge in [0.05, 0.1) is 9.79 Å². The van der Waals surface area contributed by atoms with Crippen molar-refractivity contribution < 1.29 is 25.9 Å². The van der Waals surface area contributed by atoms with E-state index in [9.17, 15) is 25.9 Å². The molecule has 0 spiro atoms. The van der Waals surface area contributed by atoms with E-state index in [0.29, 0.717) is 10.8 Å². The van der Waals surface area contributed by atoms with E-state index in [4.69, 9.17) is 0 Å². The normalized spacial score (nSPS) is 11.8. The maximum atomic E-state index is 12.0. The van der Waals surface area contributed by atoms with Crippen LogP contribution in [-0.4, -0.2) is 63.7 Å². The number of hydrogen-bond acceptors (Lipinski definition) is 6. The van der Waals surface area contributed by atoms with Crippen LogP contribution in [0.1, 0.15) is 307 Å². The van der Waals surface area contributed by atoms with E-state index in [1.165, 1.54) is 253 Å². The fraction of sp³-hybridized carbons (Fsp3) is 0.706. The van der Waals surface area contributed by atoms with Gasteiger partial charge in [0.15, 0.2) is 0 Å². The van der Waals surface area contributed by atoms with Crippen LogP contribution in [0.2, 0.25) is 0 Å². The molecular weight excluding hydrogens is 1020 g/mol. The molecule has 0 fully saturated rings. The summed E-state index contributed by atoms with van der Waals surface area (Å²) in [6.45, 7) is 9.05. The van der Waals surface area contributed by atoms with Crippen molar-refractivity contribution in [2.75, 3.05) is 0 Å². The third-order valence-corrected chi connectivity index (χ3v) is 17.9. The predicted molar refractivity (Wildman–Crippen MR) is 332 cm³/mol. The topological polar surface area (TPSA) is 114 Å². The van der Waals surface area contributed by atoms with E-state index in [-0.39, 0.29) is 47.5 Å². The summed E-state index contributed by atoms with van der Waals surface area (Å²) in [5, 5.41) is 3.29. The van der Waals surface area contributed by atoms with Gasteiger partial charge in [-0.05, 0) is 107 Å². The maximum absolute atomic E-state index is 12.0. The molecule has 4 aromatic rings. The summed E-state index contributed by atoms with van der Waals surface area (Å²) in [4.78, 5) is -0.131. The van der Waals surface area contributed by atoms with Gasteiger partial charge in [-0.3, -0.25) is 0 Å². The Kier molecular flexibility index (Phi) is 41.9. The third-order valence-electron chi connectivity index (χ3n) is 16.1. The van der Waals surface area contributed by atoms with Crippen molar-refractivity contribution in [3.05, 3.63) is 82.9 Å². The molecule has 0 aliphatic heterocycles. The van der Waals surface area contributed by atoms with Gasteiger partial charge in [-0.2, -0.15) is 0 Å². The quantitative estimate of drug-likeness (QED) is 0.0247. The van der Waals surface area contributed by atoms with Crippen LogP contribution in [0.15, 0.2) is 70.5 Å². The standard InChI is InChI=1S/2C34H56O3S.Ca/c2*1-3-5-7-9-11-13-15-17-19-21-24-30-26-23-27-32-33(38(35,36)37)29-28-31(34(30)32)25-22-20-18-16-14-12-10-8-6-4-2;/h2*23,26-29H,3-22,24-25H2,1-2H3,(H,35,36,37);/q;;+2/p-2. The molecule has 0 atom stereocenters. The molecule has 0 radical (unpaired) electrons. The number of aryl methyl sites for hydroxylation is 4. The van der Waals surface area contributed by atoms with Gasteiger partial charge in [0.1, 0.15) is 20.2 Å². The number of hydrogen-bond donors (Lipinski definition) is 0. The molecule has 9 heteroatoms. The number of rotatable bonds is 46. The van der Waals surface area contributed by atoms with Gasteiger partial charge in [-0.1, -0.05) is 307 Å². The smallest absolute Gasteiger partial charge is 0.744 e. The zero-order valence-electron chi connectivity index (χ0n) is 49.9. The molecule has 4 aromatic carbocycles. The van der Waals surface area contributed by atoms with Crippen LogP contribution < -0.4 is 0 Å². The zero-order chi connectivity index (χ0) is 55.0. The Hall–Kier alpha value is -1.52. The molecule has 0 unspecified atom stereocenters. The minimum absolute atomic E-state index is 0. The summed E-state index contributed by atoms with van der Waals surface area (Å²) < 4.78 is 72.0. The molecular formula is C68H110CaO6S2. The van der Waals surface area contributed by atoms with Gasteiger partial charge in [0, 0.05) is 0 Å². The minimum Gasteiger partial charge on any atom is -0.744 e. The van der Waals surface area contributed by atoms with Gasteiger partial charge in [-0.25, -0.2) is 16.8 Å². The maximum Gasteiger partial charge on any atom is 2.00 e. The fourth-order valence-corrected chi connectivity index (χ4v) is 12.9. The second kappa shape index (κ2) is 45.1. The molecule has 0 N–H and O–H groups in total. The Morgan fingerprint density at radius 3 is 0.675 bits per heavy atom. The Morgan fingerprint density at radius 1 is 0.273 bits per heavy atom. The summed E-state index contributed by atoms with van der Waals surface area (Å²) in [5.41, 5.74) is 4.81. The average molecular weight is 1130 g/mol. The van der Waals surface area contributed by atoms with Crippen molar-refractivity contribution in [2.24, 2.45) is 0 Å². The molecule has 0 amide bonds. The van der Waals surface area contributed by atoms with Crippen molar-refractivity contribution >= 4 is 79.5 Å². The number of fused-ring (bicyclic) bond motifs is 2. The molecule has 0 aromatic heterocycles. The zero-order valence-corrected chi connectivity index (χ0v) is 53.7. The van der Waals surface area contributed by atoms with E-state index >= 15 is 0 Å². The van der Waals surface area contributed by atoms with Gasteiger partial charge < -0.3 is 9.11 Å². The predicted octanol–water partition coefficient (Wildman–Crippen LogP) is 21.0. The molecule has 0 aliphatic rings. The van der Waals surface area contributed by atoms with Gasteiger partial charge in [-0.15, -0.1) is 0 Å². The number of unbranched alkanes of at least 4 members (excludes halogenated alkanes) is 36. The van der Waals surface area contributed by atoms with Crippen LogP contribution in [0, 0.1) is 0 Å². The largest absolute Gasteiger partial charge is 2.00 e. The number of benzene rings is 4. The molecule has 432 valence electrons. The van der Waals surface area contributed by atoms with Crippen LogP contribution in [-0.2, 0) is 45.9 Å². The first-order valence-electron chi connectivity index (χ1n) is 32.0. The summed E-state index contributed by atoms with van der Waals surface area (Å²) in [5.74, 6) is 0. The second-order valence-electron chi connectivity index (χ2n) is 22.8. The van der Waals surface area contributed by atoms with Gasteiger partial charge in [0.25, 0.3) is 0 Å². The minimum atomic E-state index is -4.50. The summed E-state index contributed by atoms with van der Waals surface area (Å²) >= 11 is 0. The molecule has 0 bridgehead atoms. The average Bonchev–Trinajstić information content (AvgIpc) is 3.43. The van der Waals surface area contributed by atoms with Crippen molar-refractivity contribution in [3.63, 3.8) is 0 Å². The van der Waals surface area contributed by atoms with Crippen molar-refractivity contribution in [2.45, 2.75) is 320 Å². The van der Waals surface area contributed by atoms with Crippen LogP contribution in [0.4, 0.5) is 0 Å². The third kappa shape index (κ3) is 30.9. The second-order valence-corrected chi connectivity index (χ2v) is 25.5. The monoisotopic (exact) mass is 1130 g/mol. The van der Waals surface area contributed by atoms with E-state index in [1.807, 2.05) is 36.4 Å². The molecule has 0 saturated heterocycles. The molecule has 0 heterocycles. The summed E-state index contributed by atoms with van der Waals surface area (Å²) in [7, 11) is -9.00. The first-order valence-corrected chi connectivity index (χ1v) is 34.8. The van der Waals surface area contributed by atoms with Crippen molar-refractivity contribution in [3.8, 4) is 0 Å². The van der Waals surface area contributed by atoms with Crippen LogP contribution in [0.5, 0.6) is 0 Å². The SMILES string of the molecule is CCCCCCCCCCCCc1cccc2c(S(=O)(=O)[O-])ccc(CCCCCCCCCCCC)c12.CCCCCCCCCCCCc1cccc2c(S(=O)(=O)[O-])ccc(CCCCCCCCCCCC)c12.[Ca+2]. The summed E-state index contributed by atoms with van der Waals surface area (Å²) in [6.07, 6.45) is 55.8. The van der Waals surface area contributed by atoms with Crippen LogP contribution in [0.3, 0.4) is 0 Å². The first-order chi connectivity index (χ1) is 37.0. The molecule has 0 aliphatic carbocycles. The van der Waals surface area contributed by atoms with Gasteiger partial charge >= 0.3 is 37.7 Å². The Balaban J connectivity index is 0.000000520. The fourth-order valence-electron chi connectivity index (χ4n) is 11.5. The molecule has 6 nitrogen and oxygen atoms in total. The van der Waals surface area contributed by atoms with Crippen LogP contribution in [0.25, 0.3) is 21.5 Å². The van der Waals surface area contributed by atoms with E-state index < -0.39 is 20.2 Å². The van der Waals surface area contributed by atoms with E-state index in [1.54, 1.807) is 12.1 Å². The Labute approximate surface area is 504 Å². The molecule has 77 heavy (non-hydrogen) atoms. The summed E-state index contributed by atoms with van der Waals surface area (Å²) in [6, 6.07) is 18.7. The molecule has 4 rings (SSSR count). The Bertz CT molecular complexity index is 2100. The first kappa shape index (κ1) is 71.6. The van der Waals surface area contributed by atoms with E-state index in [2.05, 4.69) is 39.8 Å². The molecule has 0 saturated carbocycles. The van der Waals surface area contributed by atoms with E-state index in [0.717, 1.165) is 62.1 Å². The van der Waals surface area contributed by atoms with Gasteiger partial charge in [0.2, 0.25) is 0 Å². The van der Waals surface area contributed by atoms with Crippen LogP contribution >= 0.6 is 0 Å². The van der Waals surface area contributed by atoms with Crippen molar-refractivity contribution in [1.82, 2.24) is 0 Å². The van der Waals surface area contributed by atoms with Crippen molar-refractivity contribution in [1.29, 1.82) is 0 Å².